The second kappa shape index (κ2) is 7.13. The number of hydrogen-bond acceptors (Lipinski definition) is 2. The van der Waals surface area contributed by atoms with E-state index >= 15 is 0 Å². The molecule has 3 nitrogen and oxygen atoms in total. The van der Waals surface area contributed by atoms with Crippen LogP contribution in [0.4, 0.5) is 0 Å². The van der Waals surface area contributed by atoms with Gasteiger partial charge in [-0.25, -0.2) is 0 Å². The minimum atomic E-state index is -0.109. The fraction of sp³-hybridized carbons (Fsp3) is 0.471. The van der Waals surface area contributed by atoms with Crippen LogP contribution in [-0.2, 0) is 10.2 Å². The van der Waals surface area contributed by atoms with E-state index in [-0.39, 0.29) is 17.9 Å². The molecule has 1 aromatic rings. The molecule has 0 saturated heterocycles. The Hall–Kier alpha value is -1.77. The molecule has 1 rings (SSSR count). The zero-order chi connectivity index (χ0) is 15.2. The Labute approximate surface area is 122 Å². The molecule has 3 heteroatoms. The molecular weight excluding hydrogens is 250 g/mol. The maximum atomic E-state index is 11.6. The topological polar surface area (TPSA) is 38.3 Å². The Morgan fingerprint density at radius 3 is 2.30 bits per heavy atom. The maximum absolute atomic E-state index is 11.6. The Bertz CT molecular complexity index is 463. The SMILES string of the molecule is CC(C)=CCNC(=O)COc1ccc(C(C)(C)C)cc1. The lowest BCUT2D eigenvalue weighted by Crippen LogP contribution is -2.29. The monoisotopic (exact) mass is 275 g/mol. The molecule has 0 aliphatic rings. The van der Waals surface area contributed by atoms with Crippen molar-refractivity contribution in [2.45, 2.75) is 40.0 Å². The van der Waals surface area contributed by atoms with Crippen molar-refractivity contribution in [3.05, 3.63) is 41.5 Å². The van der Waals surface area contributed by atoms with Gasteiger partial charge in [-0.05, 0) is 37.0 Å². The number of amides is 1. The molecule has 1 aromatic carbocycles. The summed E-state index contributed by atoms with van der Waals surface area (Å²) in [5.74, 6) is 0.609. The summed E-state index contributed by atoms with van der Waals surface area (Å²) < 4.78 is 5.46. The molecular formula is C17H25NO2. The molecule has 0 aromatic heterocycles. The first-order valence-corrected chi connectivity index (χ1v) is 6.92. The van der Waals surface area contributed by atoms with Crippen LogP contribution in [0.3, 0.4) is 0 Å². The molecule has 0 saturated carbocycles. The molecule has 1 N–H and O–H groups in total. The van der Waals surface area contributed by atoms with Crippen molar-refractivity contribution in [1.29, 1.82) is 0 Å². The van der Waals surface area contributed by atoms with E-state index in [4.69, 9.17) is 4.74 Å². The zero-order valence-corrected chi connectivity index (χ0v) is 13.1. The first kappa shape index (κ1) is 16.3. The van der Waals surface area contributed by atoms with Gasteiger partial charge in [0.25, 0.3) is 5.91 Å². The lowest BCUT2D eigenvalue weighted by Gasteiger charge is -2.19. The largest absolute Gasteiger partial charge is 0.484 e. The van der Waals surface area contributed by atoms with Crippen LogP contribution < -0.4 is 10.1 Å². The van der Waals surface area contributed by atoms with Gasteiger partial charge in [0.2, 0.25) is 0 Å². The Kier molecular flexibility index (Phi) is 5.81. The highest BCUT2D eigenvalue weighted by Crippen LogP contribution is 2.24. The number of carbonyl (C=O) groups excluding carboxylic acids is 1. The van der Waals surface area contributed by atoms with Gasteiger partial charge in [-0.15, -0.1) is 0 Å². The van der Waals surface area contributed by atoms with Crippen molar-refractivity contribution in [1.82, 2.24) is 5.32 Å². The molecule has 0 heterocycles. The predicted octanol–water partition coefficient (Wildman–Crippen LogP) is 3.45. The molecule has 0 unspecified atom stereocenters. The van der Waals surface area contributed by atoms with Gasteiger partial charge in [0.1, 0.15) is 5.75 Å². The summed E-state index contributed by atoms with van der Waals surface area (Å²) >= 11 is 0. The third-order valence-corrected chi connectivity index (χ3v) is 2.90. The van der Waals surface area contributed by atoms with Crippen LogP contribution in [0.25, 0.3) is 0 Å². The molecule has 0 bridgehead atoms. The molecule has 0 spiro atoms. The lowest BCUT2D eigenvalue weighted by atomic mass is 9.87. The molecule has 20 heavy (non-hydrogen) atoms. The quantitative estimate of drug-likeness (QED) is 0.836. The average molecular weight is 275 g/mol. The average Bonchev–Trinajstić information content (AvgIpc) is 2.35. The fourth-order valence-electron chi connectivity index (χ4n) is 1.62. The second-order valence-corrected chi connectivity index (χ2v) is 6.15. The van der Waals surface area contributed by atoms with E-state index in [9.17, 15) is 4.79 Å². The van der Waals surface area contributed by atoms with Crippen LogP contribution >= 0.6 is 0 Å². The van der Waals surface area contributed by atoms with Crippen LogP contribution in [0.2, 0.25) is 0 Å². The summed E-state index contributed by atoms with van der Waals surface area (Å²) in [5, 5.41) is 2.78. The van der Waals surface area contributed by atoms with Crippen LogP contribution in [-0.4, -0.2) is 19.1 Å². The summed E-state index contributed by atoms with van der Waals surface area (Å²) in [6.07, 6.45) is 1.97. The maximum Gasteiger partial charge on any atom is 0.258 e. The number of allylic oxidation sites excluding steroid dienone is 1. The van der Waals surface area contributed by atoms with Crippen LogP contribution in [0, 0.1) is 0 Å². The number of benzene rings is 1. The van der Waals surface area contributed by atoms with E-state index in [2.05, 4.69) is 26.1 Å². The Balaban J connectivity index is 2.42. The first-order valence-electron chi connectivity index (χ1n) is 6.92. The third-order valence-electron chi connectivity index (χ3n) is 2.90. The van der Waals surface area contributed by atoms with E-state index in [1.54, 1.807) is 0 Å². The van der Waals surface area contributed by atoms with Crippen LogP contribution in [0.1, 0.15) is 40.2 Å². The molecule has 0 radical (unpaired) electrons. The Morgan fingerprint density at radius 2 is 1.80 bits per heavy atom. The number of nitrogens with one attached hydrogen (secondary N) is 1. The van der Waals surface area contributed by atoms with Gasteiger partial charge >= 0.3 is 0 Å². The molecule has 0 atom stereocenters. The highest BCUT2D eigenvalue weighted by Gasteiger charge is 2.13. The van der Waals surface area contributed by atoms with Gasteiger partial charge in [0, 0.05) is 6.54 Å². The smallest absolute Gasteiger partial charge is 0.258 e. The number of rotatable bonds is 5. The van der Waals surface area contributed by atoms with Crippen molar-refractivity contribution in [2.75, 3.05) is 13.2 Å². The minimum absolute atomic E-state index is 0.0471. The van der Waals surface area contributed by atoms with Gasteiger partial charge in [-0.2, -0.15) is 0 Å². The second-order valence-electron chi connectivity index (χ2n) is 6.15. The highest BCUT2D eigenvalue weighted by molar-refractivity contribution is 5.77. The van der Waals surface area contributed by atoms with Gasteiger partial charge in [-0.1, -0.05) is 44.6 Å². The van der Waals surface area contributed by atoms with Crippen molar-refractivity contribution in [2.24, 2.45) is 0 Å². The molecule has 0 aliphatic heterocycles. The summed E-state index contributed by atoms with van der Waals surface area (Å²) in [5.41, 5.74) is 2.56. The summed E-state index contributed by atoms with van der Waals surface area (Å²) in [6.45, 7) is 11.1. The van der Waals surface area contributed by atoms with Crippen molar-refractivity contribution in [3.8, 4) is 5.75 Å². The lowest BCUT2D eigenvalue weighted by molar-refractivity contribution is -0.122. The Morgan fingerprint density at radius 1 is 1.20 bits per heavy atom. The first-order chi connectivity index (χ1) is 9.29. The van der Waals surface area contributed by atoms with Crippen molar-refractivity contribution < 1.29 is 9.53 Å². The molecule has 0 aliphatic carbocycles. The number of carbonyl (C=O) groups is 1. The normalized spacial score (nSPS) is 10.8. The number of ether oxygens (including phenoxy) is 1. The summed E-state index contributed by atoms with van der Waals surface area (Å²) in [4.78, 5) is 11.6. The van der Waals surface area contributed by atoms with Crippen molar-refractivity contribution in [3.63, 3.8) is 0 Å². The third kappa shape index (κ3) is 5.91. The van der Waals surface area contributed by atoms with Gasteiger partial charge < -0.3 is 10.1 Å². The van der Waals surface area contributed by atoms with Gasteiger partial charge in [-0.3, -0.25) is 4.79 Å². The summed E-state index contributed by atoms with van der Waals surface area (Å²) in [7, 11) is 0. The summed E-state index contributed by atoms with van der Waals surface area (Å²) in [6, 6.07) is 7.89. The van der Waals surface area contributed by atoms with Gasteiger partial charge in [0.05, 0.1) is 0 Å². The number of hydrogen-bond donors (Lipinski definition) is 1. The van der Waals surface area contributed by atoms with Crippen LogP contribution in [0.15, 0.2) is 35.9 Å². The van der Waals surface area contributed by atoms with E-state index < -0.39 is 0 Å². The minimum Gasteiger partial charge on any atom is -0.484 e. The highest BCUT2D eigenvalue weighted by atomic mass is 16.5. The molecule has 110 valence electrons. The van der Waals surface area contributed by atoms with E-state index in [1.807, 2.05) is 44.2 Å². The molecule has 0 fully saturated rings. The van der Waals surface area contributed by atoms with Crippen molar-refractivity contribution >= 4 is 5.91 Å². The van der Waals surface area contributed by atoms with E-state index in [1.165, 1.54) is 11.1 Å². The van der Waals surface area contributed by atoms with Crippen LogP contribution in [0.5, 0.6) is 5.75 Å². The standard InChI is InChI=1S/C17H25NO2/c1-13(2)10-11-18-16(19)12-20-15-8-6-14(7-9-15)17(3,4)5/h6-10H,11-12H2,1-5H3,(H,18,19). The van der Waals surface area contributed by atoms with E-state index in [0.717, 1.165) is 5.75 Å². The van der Waals surface area contributed by atoms with Gasteiger partial charge in [0.15, 0.2) is 6.61 Å². The zero-order valence-electron chi connectivity index (χ0n) is 13.1. The van der Waals surface area contributed by atoms with E-state index in [0.29, 0.717) is 6.54 Å². The predicted molar refractivity (Wildman–Crippen MR) is 83.1 cm³/mol. The fourth-order valence-corrected chi connectivity index (χ4v) is 1.62. The molecule has 1 amide bonds.